The van der Waals surface area contributed by atoms with Gasteiger partial charge in [0, 0.05) is 22.7 Å². The van der Waals surface area contributed by atoms with Crippen molar-refractivity contribution in [3.63, 3.8) is 0 Å². The van der Waals surface area contributed by atoms with Crippen LogP contribution in [-0.4, -0.2) is 17.6 Å². The first kappa shape index (κ1) is 19.8. The Kier molecular flexibility index (Phi) is 6.56. The molecular formula is C23H22ClNO3. The number of benzene rings is 3. The average Bonchev–Trinajstić information content (AvgIpc) is 2.71. The standard InChI is InChI=1S/C23H22ClNO3/c1-2-16(17-7-4-3-5-8-17)15-28-20-10-6-9-19(14-20)25-23(27)21-13-18(24)11-12-22(21)26/h3-14,16,26H,2,15H2,1H3,(H,25,27). The lowest BCUT2D eigenvalue weighted by Crippen LogP contribution is -2.13. The van der Waals surface area contributed by atoms with Gasteiger partial charge in [-0.15, -0.1) is 0 Å². The maximum atomic E-state index is 12.4. The molecular weight excluding hydrogens is 374 g/mol. The van der Waals surface area contributed by atoms with Crippen LogP contribution in [0.5, 0.6) is 11.5 Å². The van der Waals surface area contributed by atoms with Crippen LogP contribution in [0, 0.1) is 0 Å². The smallest absolute Gasteiger partial charge is 0.259 e. The van der Waals surface area contributed by atoms with Crippen molar-refractivity contribution in [3.8, 4) is 11.5 Å². The van der Waals surface area contributed by atoms with Crippen molar-refractivity contribution in [2.45, 2.75) is 19.3 Å². The molecule has 1 amide bonds. The number of carbonyl (C=O) groups is 1. The second-order valence-electron chi connectivity index (χ2n) is 6.47. The number of aromatic hydroxyl groups is 1. The highest BCUT2D eigenvalue weighted by Crippen LogP contribution is 2.25. The number of ether oxygens (including phenoxy) is 1. The van der Waals surface area contributed by atoms with E-state index in [2.05, 4.69) is 24.4 Å². The van der Waals surface area contributed by atoms with Crippen LogP contribution in [0.15, 0.2) is 72.8 Å². The molecule has 1 unspecified atom stereocenters. The topological polar surface area (TPSA) is 58.6 Å². The number of nitrogens with one attached hydrogen (secondary N) is 1. The fraction of sp³-hybridized carbons (Fsp3) is 0.174. The zero-order chi connectivity index (χ0) is 19.9. The summed E-state index contributed by atoms with van der Waals surface area (Å²) in [6.45, 7) is 2.68. The predicted octanol–water partition coefficient (Wildman–Crippen LogP) is 5.87. The number of amides is 1. The highest BCUT2D eigenvalue weighted by atomic mass is 35.5. The predicted molar refractivity (Wildman–Crippen MR) is 112 cm³/mol. The van der Waals surface area contributed by atoms with E-state index in [9.17, 15) is 9.90 Å². The first-order valence-electron chi connectivity index (χ1n) is 9.14. The molecule has 144 valence electrons. The molecule has 0 fully saturated rings. The van der Waals surface area contributed by atoms with E-state index in [4.69, 9.17) is 16.3 Å². The third-order valence-electron chi connectivity index (χ3n) is 4.51. The molecule has 0 aliphatic rings. The molecule has 1 atom stereocenters. The minimum atomic E-state index is -0.437. The minimum absolute atomic E-state index is 0.119. The normalized spacial score (nSPS) is 11.6. The van der Waals surface area contributed by atoms with Crippen LogP contribution in [0.3, 0.4) is 0 Å². The average molecular weight is 396 g/mol. The van der Waals surface area contributed by atoms with Crippen LogP contribution in [0.2, 0.25) is 5.02 Å². The lowest BCUT2D eigenvalue weighted by atomic mass is 9.98. The van der Waals surface area contributed by atoms with Gasteiger partial charge in [0.15, 0.2) is 0 Å². The van der Waals surface area contributed by atoms with E-state index in [1.54, 1.807) is 12.1 Å². The van der Waals surface area contributed by atoms with Gasteiger partial charge in [0.1, 0.15) is 11.5 Å². The number of hydrogen-bond acceptors (Lipinski definition) is 3. The van der Waals surface area contributed by atoms with Crippen LogP contribution in [0.4, 0.5) is 5.69 Å². The fourth-order valence-electron chi connectivity index (χ4n) is 2.92. The number of anilines is 1. The number of hydrogen-bond donors (Lipinski definition) is 2. The lowest BCUT2D eigenvalue weighted by Gasteiger charge is -2.17. The molecule has 2 N–H and O–H groups in total. The quantitative estimate of drug-likeness (QED) is 0.526. The summed E-state index contributed by atoms with van der Waals surface area (Å²) in [4.78, 5) is 12.4. The first-order valence-corrected chi connectivity index (χ1v) is 9.52. The monoisotopic (exact) mass is 395 g/mol. The second-order valence-corrected chi connectivity index (χ2v) is 6.91. The van der Waals surface area contributed by atoms with Crippen LogP contribution < -0.4 is 10.1 Å². The van der Waals surface area contributed by atoms with Crippen LogP contribution >= 0.6 is 11.6 Å². The molecule has 0 spiro atoms. The van der Waals surface area contributed by atoms with E-state index in [0.717, 1.165) is 6.42 Å². The SMILES string of the molecule is CCC(COc1cccc(NC(=O)c2cc(Cl)ccc2O)c1)c1ccccc1. The Morgan fingerprint density at radius 3 is 2.61 bits per heavy atom. The summed E-state index contributed by atoms with van der Waals surface area (Å²) < 4.78 is 5.96. The number of halogens is 1. The number of phenolic OH excluding ortho intramolecular Hbond substituents is 1. The number of carbonyl (C=O) groups excluding carboxylic acids is 1. The summed E-state index contributed by atoms with van der Waals surface area (Å²) in [6.07, 6.45) is 0.967. The van der Waals surface area contributed by atoms with Crippen molar-refractivity contribution in [3.05, 3.63) is 88.9 Å². The van der Waals surface area contributed by atoms with Crippen molar-refractivity contribution >= 4 is 23.2 Å². The Morgan fingerprint density at radius 2 is 1.86 bits per heavy atom. The van der Waals surface area contributed by atoms with E-state index in [-0.39, 0.29) is 11.3 Å². The number of phenols is 1. The first-order chi connectivity index (χ1) is 13.6. The van der Waals surface area contributed by atoms with Gasteiger partial charge in [-0.3, -0.25) is 4.79 Å². The lowest BCUT2D eigenvalue weighted by molar-refractivity contribution is 0.102. The summed E-state index contributed by atoms with van der Waals surface area (Å²) in [5.74, 6) is 0.404. The summed E-state index contributed by atoms with van der Waals surface area (Å²) >= 11 is 5.91. The van der Waals surface area contributed by atoms with Crippen LogP contribution in [0.25, 0.3) is 0 Å². The van der Waals surface area contributed by atoms with E-state index < -0.39 is 5.91 Å². The van der Waals surface area contributed by atoms with Gasteiger partial charge >= 0.3 is 0 Å². The Labute approximate surface area is 169 Å². The van der Waals surface area contributed by atoms with E-state index in [1.807, 2.05) is 30.3 Å². The maximum absolute atomic E-state index is 12.4. The van der Waals surface area contributed by atoms with Gasteiger partial charge in [0.05, 0.1) is 12.2 Å². The molecule has 3 aromatic rings. The molecule has 0 saturated heterocycles. The van der Waals surface area contributed by atoms with E-state index in [0.29, 0.717) is 29.0 Å². The molecule has 28 heavy (non-hydrogen) atoms. The summed E-state index contributed by atoms with van der Waals surface area (Å²) in [5, 5.41) is 13.0. The molecule has 0 radical (unpaired) electrons. The van der Waals surface area contributed by atoms with Gasteiger partial charge in [-0.2, -0.15) is 0 Å². The molecule has 0 bridgehead atoms. The highest BCUT2D eigenvalue weighted by molar-refractivity contribution is 6.31. The van der Waals surface area contributed by atoms with Gasteiger partial charge < -0.3 is 15.2 Å². The zero-order valence-corrected chi connectivity index (χ0v) is 16.3. The molecule has 0 heterocycles. The van der Waals surface area contributed by atoms with Crippen molar-refractivity contribution in [2.24, 2.45) is 0 Å². The molecule has 0 aromatic heterocycles. The highest BCUT2D eigenvalue weighted by Gasteiger charge is 2.13. The van der Waals surface area contributed by atoms with Gasteiger partial charge in [0.2, 0.25) is 0 Å². The third-order valence-corrected chi connectivity index (χ3v) is 4.75. The van der Waals surface area contributed by atoms with Crippen LogP contribution in [-0.2, 0) is 0 Å². The fourth-order valence-corrected chi connectivity index (χ4v) is 3.10. The van der Waals surface area contributed by atoms with E-state index in [1.165, 1.54) is 23.8 Å². The van der Waals surface area contributed by atoms with Crippen molar-refractivity contribution in [1.29, 1.82) is 0 Å². The van der Waals surface area contributed by atoms with Crippen molar-refractivity contribution in [1.82, 2.24) is 0 Å². The Balaban J connectivity index is 1.67. The molecule has 3 rings (SSSR count). The summed E-state index contributed by atoms with van der Waals surface area (Å²) in [7, 11) is 0. The Morgan fingerprint density at radius 1 is 1.07 bits per heavy atom. The van der Waals surface area contributed by atoms with E-state index >= 15 is 0 Å². The zero-order valence-electron chi connectivity index (χ0n) is 15.6. The van der Waals surface area contributed by atoms with Gasteiger partial charge in [0.25, 0.3) is 5.91 Å². The van der Waals surface area contributed by atoms with Gasteiger partial charge in [-0.25, -0.2) is 0 Å². The summed E-state index contributed by atoms with van der Waals surface area (Å²) in [6, 6.07) is 21.8. The number of rotatable bonds is 7. The van der Waals surface area contributed by atoms with Gasteiger partial charge in [-0.05, 0) is 42.3 Å². The second kappa shape index (κ2) is 9.29. The van der Waals surface area contributed by atoms with Crippen molar-refractivity contribution < 1.29 is 14.6 Å². The van der Waals surface area contributed by atoms with Crippen molar-refractivity contribution in [2.75, 3.05) is 11.9 Å². The molecule has 0 saturated carbocycles. The minimum Gasteiger partial charge on any atom is -0.507 e. The largest absolute Gasteiger partial charge is 0.507 e. The molecule has 0 aliphatic carbocycles. The Hall–Kier alpha value is -2.98. The molecule has 4 nitrogen and oxygen atoms in total. The van der Waals surface area contributed by atoms with Gasteiger partial charge in [-0.1, -0.05) is 54.9 Å². The summed E-state index contributed by atoms with van der Waals surface area (Å²) in [5.41, 5.74) is 1.94. The Bertz CT molecular complexity index is 944. The third kappa shape index (κ3) is 5.05. The maximum Gasteiger partial charge on any atom is 0.259 e. The molecule has 3 aromatic carbocycles. The molecule has 5 heteroatoms. The molecule has 0 aliphatic heterocycles. The van der Waals surface area contributed by atoms with Crippen LogP contribution in [0.1, 0.15) is 35.2 Å².